The molecule has 1 aromatic heterocycles. The average molecular weight is 606 g/mol. The number of fused-ring (bicyclic) bond motifs is 3. The van der Waals surface area contributed by atoms with E-state index in [1.165, 1.54) is 38.9 Å². The van der Waals surface area contributed by atoms with Gasteiger partial charge in [0.1, 0.15) is 5.75 Å². The Hall–Kier alpha value is -4.83. The molecule has 0 amide bonds. The molecular formula is C42H43N3O. The smallest absolute Gasteiger partial charge is 0.219 e. The van der Waals surface area contributed by atoms with E-state index >= 15 is 0 Å². The fourth-order valence-electron chi connectivity index (χ4n) is 6.90. The number of rotatable bonds is 5. The van der Waals surface area contributed by atoms with Crippen molar-refractivity contribution in [3.05, 3.63) is 155 Å². The molecular weight excluding hydrogens is 562 g/mol. The summed E-state index contributed by atoms with van der Waals surface area (Å²) in [6.45, 7) is 14.6. The molecule has 2 aliphatic rings. The van der Waals surface area contributed by atoms with Crippen LogP contribution < -0.4 is 9.64 Å². The Balaban J connectivity index is 1.56. The van der Waals surface area contributed by atoms with Crippen molar-refractivity contribution < 1.29 is 4.74 Å². The highest BCUT2D eigenvalue weighted by atomic mass is 16.5. The van der Waals surface area contributed by atoms with Gasteiger partial charge in [0.15, 0.2) is 0 Å². The first-order chi connectivity index (χ1) is 21.9. The molecule has 0 saturated carbocycles. The van der Waals surface area contributed by atoms with Gasteiger partial charge in [-0.2, -0.15) is 0 Å². The summed E-state index contributed by atoms with van der Waals surface area (Å²) >= 11 is 0. The van der Waals surface area contributed by atoms with E-state index in [1.807, 2.05) is 36.4 Å². The number of anilines is 1. The van der Waals surface area contributed by atoms with Crippen LogP contribution in [0, 0.1) is 0 Å². The van der Waals surface area contributed by atoms with Crippen molar-refractivity contribution in [1.29, 1.82) is 0 Å². The fourth-order valence-corrected chi connectivity index (χ4v) is 6.90. The Bertz CT molecular complexity index is 1880. The summed E-state index contributed by atoms with van der Waals surface area (Å²) in [5.41, 5.74) is 10.2. The van der Waals surface area contributed by atoms with Crippen molar-refractivity contribution in [2.24, 2.45) is 0 Å². The van der Waals surface area contributed by atoms with Crippen LogP contribution in [-0.2, 0) is 16.2 Å². The highest BCUT2D eigenvalue weighted by molar-refractivity contribution is 5.87. The summed E-state index contributed by atoms with van der Waals surface area (Å²) in [6.07, 6.45) is 4.28. The zero-order valence-electron chi connectivity index (χ0n) is 28.0. The van der Waals surface area contributed by atoms with Gasteiger partial charge in [0.25, 0.3) is 0 Å². The molecule has 0 atom stereocenters. The first-order valence-electron chi connectivity index (χ1n) is 16.2. The number of para-hydroxylation sites is 1. The van der Waals surface area contributed by atoms with Crippen LogP contribution in [0.25, 0.3) is 11.1 Å². The molecule has 0 N–H and O–H groups in total. The minimum absolute atomic E-state index is 0.0232. The Morgan fingerprint density at radius 1 is 0.652 bits per heavy atom. The molecule has 0 bridgehead atoms. The molecule has 0 spiro atoms. The first-order valence-corrected chi connectivity index (χ1v) is 16.2. The predicted molar refractivity (Wildman–Crippen MR) is 190 cm³/mol. The third-order valence-corrected chi connectivity index (χ3v) is 9.43. The summed E-state index contributed by atoms with van der Waals surface area (Å²) in [4.78, 5) is 9.85. The van der Waals surface area contributed by atoms with Gasteiger partial charge >= 0.3 is 0 Å². The molecule has 4 nitrogen and oxygen atoms in total. The van der Waals surface area contributed by atoms with Crippen molar-refractivity contribution in [3.63, 3.8) is 0 Å². The number of nitrogens with zero attached hydrogens (tertiary/aromatic N) is 3. The van der Waals surface area contributed by atoms with Crippen LogP contribution >= 0.6 is 0 Å². The summed E-state index contributed by atoms with van der Waals surface area (Å²) in [5.74, 6) is 1.35. The van der Waals surface area contributed by atoms with Gasteiger partial charge in [0, 0.05) is 31.2 Å². The molecule has 1 aliphatic heterocycles. The van der Waals surface area contributed by atoms with Gasteiger partial charge in [0.2, 0.25) is 5.88 Å². The Morgan fingerprint density at radius 2 is 1.28 bits per heavy atom. The maximum absolute atomic E-state index is 6.37. The molecule has 0 unspecified atom stereocenters. The Morgan fingerprint density at radius 3 is 1.87 bits per heavy atom. The molecule has 1 aliphatic carbocycles. The van der Waals surface area contributed by atoms with Crippen molar-refractivity contribution >= 4 is 5.69 Å². The van der Waals surface area contributed by atoms with Gasteiger partial charge in [-0.15, -0.1) is 0 Å². The van der Waals surface area contributed by atoms with Crippen LogP contribution in [0.5, 0.6) is 11.6 Å². The lowest BCUT2D eigenvalue weighted by molar-refractivity contribution is 0.458. The SMILES string of the molecule is CN1C=CN(c2cccc(C3(c4cccc(Oc5ccccc5)n4)c4cc(C(C)(C)C)ccc4-c4ccc(C(C)(C)C)cc43)c2)C1. The number of hydrogen-bond acceptors (Lipinski definition) is 4. The Labute approximate surface area is 274 Å². The van der Waals surface area contributed by atoms with Gasteiger partial charge in [-0.25, -0.2) is 4.98 Å². The summed E-state index contributed by atoms with van der Waals surface area (Å²) < 4.78 is 6.37. The minimum atomic E-state index is -0.672. The molecule has 4 aromatic carbocycles. The molecule has 0 fully saturated rings. The van der Waals surface area contributed by atoms with E-state index in [9.17, 15) is 0 Å². The zero-order chi connectivity index (χ0) is 32.3. The van der Waals surface area contributed by atoms with Crippen LogP contribution in [0.1, 0.15) is 75.1 Å². The van der Waals surface area contributed by atoms with E-state index in [-0.39, 0.29) is 10.8 Å². The van der Waals surface area contributed by atoms with E-state index in [4.69, 9.17) is 9.72 Å². The quantitative estimate of drug-likeness (QED) is 0.196. The number of ether oxygens (including phenoxy) is 1. The second kappa shape index (κ2) is 10.9. The molecule has 2 heterocycles. The lowest BCUT2D eigenvalue weighted by atomic mass is 9.68. The lowest BCUT2D eigenvalue weighted by Crippen LogP contribution is -2.31. The van der Waals surface area contributed by atoms with E-state index < -0.39 is 5.41 Å². The van der Waals surface area contributed by atoms with Crippen LogP contribution in [0.4, 0.5) is 5.69 Å². The van der Waals surface area contributed by atoms with Gasteiger partial charge in [-0.1, -0.05) is 114 Å². The van der Waals surface area contributed by atoms with Crippen molar-refractivity contribution in [2.45, 2.75) is 57.8 Å². The van der Waals surface area contributed by atoms with Crippen LogP contribution in [0.15, 0.2) is 122 Å². The van der Waals surface area contributed by atoms with E-state index in [2.05, 4.69) is 144 Å². The third-order valence-electron chi connectivity index (χ3n) is 9.43. The normalized spacial score (nSPS) is 15.2. The highest BCUT2D eigenvalue weighted by Gasteiger charge is 2.48. The van der Waals surface area contributed by atoms with Crippen LogP contribution in [0.3, 0.4) is 0 Å². The topological polar surface area (TPSA) is 28.6 Å². The van der Waals surface area contributed by atoms with Crippen LogP contribution in [0.2, 0.25) is 0 Å². The van der Waals surface area contributed by atoms with Gasteiger partial charge in [0.05, 0.1) is 17.8 Å². The summed E-state index contributed by atoms with van der Waals surface area (Å²) in [6, 6.07) is 39.3. The van der Waals surface area contributed by atoms with E-state index in [0.717, 1.165) is 23.8 Å². The van der Waals surface area contributed by atoms with Gasteiger partial charge in [-0.3, -0.25) is 0 Å². The number of hydrogen-bond donors (Lipinski definition) is 0. The minimum Gasteiger partial charge on any atom is -0.439 e. The van der Waals surface area contributed by atoms with E-state index in [1.54, 1.807) is 0 Å². The summed E-state index contributed by atoms with van der Waals surface area (Å²) in [7, 11) is 2.11. The third kappa shape index (κ3) is 5.06. The molecule has 232 valence electrons. The monoisotopic (exact) mass is 605 g/mol. The fraction of sp³-hybridized carbons (Fsp3) is 0.262. The molecule has 5 aromatic rings. The van der Waals surface area contributed by atoms with Crippen molar-refractivity contribution in [1.82, 2.24) is 9.88 Å². The second-order valence-electron chi connectivity index (χ2n) is 14.8. The molecule has 0 saturated heterocycles. The average Bonchev–Trinajstić information content (AvgIpc) is 3.60. The maximum atomic E-state index is 6.37. The van der Waals surface area contributed by atoms with Crippen LogP contribution in [-0.4, -0.2) is 23.6 Å². The van der Waals surface area contributed by atoms with Gasteiger partial charge in [-0.05, 0) is 80.1 Å². The number of aromatic nitrogens is 1. The number of pyridine rings is 1. The largest absolute Gasteiger partial charge is 0.439 e. The Kier molecular flexibility index (Phi) is 7.08. The number of benzene rings is 4. The molecule has 46 heavy (non-hydrogen) atoms. The second-order valence-corrected chi connectivity index (χ2v) is 14.8. The van der Waals surface area contributed by atoms with E-state index in [0.29, 0.717) is 5.88 Å². The molecule has 7 rings (SSSR count). The van der Waals surface area contributed by atoms with Crippen molar-refractivity contribution in [3.8, 4) is 22.8 Å². The predicted octanol–water partition coefficient (Wildman–Crippen LogP) is 10.0. The zero-order valence-corrected chi connectivity index (χ0v) is 28.0. The van der Waals surface area contributed by atoms with Crippen molar-refractivity contribution in [2.75, 3.05) is 18.6 Å². The van der Waals surface area contributed by atoms with Gasteiger partial charge < -0.3 is 14.5 Å². The molecule has 4 heteroatoms. The molecule has 0 radical (unpaired) electrons. The highest BCUT2D eigenvalue weighted by Crippen LogP contribution is 2.57. The first kappa shape index (κ1) is 29.9. The standard InChI is InChI=1S/C42H43N3O/c1-40(2,3)29-19-21-34-35-22-20-30(41(4,5)6)27-37(35)42(36(34)26-29,31-13-11-14-32(25-31)45-24-23-44(7)28-45)38-17-12-18-39(43-38)46-33-15-9-8-10-16-33/h8-27H,28H2,1-7H3. The maximum Gasteiger partial charge on any atom is 0.219 e. The summed E-state index contributed by atoms with van der Waals surface area (Å²) in [5, 5.41) is 0. The lowest BCUT2D eigenvalue weighted by Gasteiger charge is -2.35.